The highest BCUT2D eigenvalue weighted by Crippen LogP contribution is 2.14. The molecule has 0 aliphatic carbocycles. The zero-order valence-corrected chi connectivity index (χ0v) is 16.4. The summed E-state index contributed by atoms with van der Waals surface area (Å²) in [5.74, 6) is 0.636. The van der Waals surface area contributed by atoms with Gasteiger partial charge in [-0.1, -0.05) is 12.1 Å². The molecule has 7 nitrogen and oxygen atoms in total. The van der Waals surface area contributed by atoms with Crippen molar-refractivity contribution >= 4 is 18.1 Å². The summed E-state index contributed by atoms with van der Waals surface area (Å²) in [7, 11) is 1.57. The monoisotopic (exact) mass is 376 g/mol. The Morgan fingerprint density at radius 2 is 1.63 bits per heavy atom. The Morgan fingerprint density at radius 3 is 2.19 bits per heavy atom. The summed E-state index contributed by atoms with van der Waals surface area (Å²) in [6.45, 7) is 7.64. The molecule has 1 aromatic carbocycles. The highest BCUT2D eigenvalue weighted by Gasteiger charge is 2.26. The van der Waals surface area contributed by atoms with Gasteiger partial charge in [-0.25, -0.2) is 4.79 Å². The number of piperazine rings is 1. The normalized spacial score (nSPS) is 15.1. The molecule has 1 aliphatic heterocycles. The van der Waals surface area contributed by atoms with Crippen LogP contribution in [0.25, 0.3) is 6.08 Å². The van der Waals surface area contributed by atoms with E-state index in [4.69, 9.17) is 14.2 Å². The molecule has 0 N–H and O–H groups in total. The SMILES string of the molecule is COCOc1ccc(/C=C/C(=O)N2CCN(C(=O)OC(C)(C)C)CC2)cc1. The van der Waals surface area contributed by atoms with E-state index < -0.39 is 5.60 Å². The molecule has 0 radical (unpaired) electrons. The number of ether oxygens (including phenoxy) is 3. The van der Waals surface area contributed by atoms with Crippen molar-refractivity contribution in [3.8, 4) is 5.75 Å². The molecule has 2 amide bonds. The number of nitrogens with zero attached hydrogens (tertiary/aromatic N) is 2. The average molecular weight is 376 g/mol. The molecule has 0 aromatic heterocycles. The number of carbonyl (C=O) groups is 2. The van der Waals surface area contributed by atoms with Gasteiger partial charge in [0.05, 0.1) is 0 Å². The molecule has 1 saturated heterocycles. The summed E-state index contributed by atoms with van der Waals surface area (Å²) in [5, 5.41) is 0. The van der Waals surface area contributed by atoms with Crippen LogP contribution in [-0.4, -0.2) is 67.5 Å². The largest absolute Gasteiger partial charge is 0.468 e. The maximum Gasteiger partial charge on any atom is 0.410 e. The molecule has 1 aromatic rings. The summed E-state index contributed by atoms with van der Waals surface area (Å²) in [5.41, 5.74) is 0.386. The maximum absolute atomic E-state index is 12.3. The van der Waals surface area contributed by atoms with Crippen LogP contribution in [0.5, 0.6) is 5.75 Å². The number of carbonyl (C=O) groups excluding carboxylic acids is 2. The van der Waals surface area contributed by atoms with E-state index in [2.05, 4.69) is 0 Å². The van der Waals surface area contributed by atoms with Crippen LogP contribution in [0.2, 0.25) is 0 Å². The Labute approximate surface area is 160 Å². The third kappa shape index (κ3) is 6.94. The summed E-state index contributed by atoms with van der Waals surface area (Å²) in [6.07, 6.45) is 2.98. The number of hydrogen-bond donors (Lipinski definition) is 0. The molecule has 0 unspecified atom stereocenters. The van der Waals surface area contributed by atoms with Crippen LogP contribution in [-0.2, 0) is 14.3 Å². The van der Waals surface area contributed by atoms with Crippen molar-refractivity contribution in [1.82, 2.24) is 9.80 Å². The molecular formula is C20H28N2O5. The first kappa shape index (κ1) is 20.8. The molecule has 0 bridgehead atoms. The Hall–Kier alpha value is -2.54. The molecule has 2 rings (SSSR count). The smallest absolute Gasteiger partial charge is 0.410 e. The quantitative estimate of drug-likeness (QED) is 0.584. The van der Waals surface area contributed by atoms with Crippen LogP contribution in [0, 0.1) is 0 Å². The number of methoxy groups -OCH3 is 1. The standard InChI is InChI=1S/C20H28N2O5/c1-20(2,3)27-19(24)22-13-11-21(12-14-22)18(23)10-7-16-5-8-17(9-6-16)26-15-25-4/h5-10H,11-15H2,1-4H3/b10-7+. The molecule has 1 fully saturated rings. The van der Waals surface area contributed by atoms with Crippen molar-refractivity contribution in [1.29, 1.82) is 0 Å². The molecule has 0 atom stereocenters. The van der Waals surface area contributed by atoms with Gasteiger partial charge < -0.3 is 24.0 Å². The molecule has 27 heavy (non-hydrogen) atoms. The summed E-state index contributed by atoms with van der Waals surface area (Å²) < 4.78 is 15.5. The topological polar surface area (TPSA) is 68.3 Å². The van der Waals surface area contributed by atoms with Crippen LogP contribution in [0.15, 0.2) is 30.3 Å². The van der Waals surface area contributed by atoms with Gasteiger partial charge >= 0.3 is 6.09 Å². The van der Waals surface area contributed by atoms with Gasteiger partial charge in [-0.2, -0.15) is 0 Å². The Bertz CT molecular complexity index is 656. The van der Waals surface area contributed by atoms with E-state index in [0.717, 1.165) is 5.56 Å². The first-order chi connectivity index (χ1) is 12.8. The van der Waals surface area contributed by atoms with Crippen LogP contribution >= 0.6 is 0 Å². The lowest BCUT2D eigenvalue weighted by molar-refractivity contribution is -0.127. The minimum Gasteiger partial charge on any atom is -0.468 e. The lowest BCUT2D eigenvalue weighted by Crippen LogP contribution is -2.51. The van der Waals surface area contributed by atoms with Crippen LogP contribution in [0.4, 0.5) is 4.79 Å². The van der Waals surface area contributed by atoms with Gasteiger partial charge in [0.2, 0.25) is 5.91 Å². The zero-order chi connectivity index (χ0) is 19.9. The van der Waals surface area contributed by atoms with Gasteiger partial charge in [0.1, 0.15) is 11.4 Å². The lowest BCUT2D eigenvalue weighted by atomic mass is 10.2. The molecule has 148 valence electrons. The second kappa shape index (κ2) is 9.41. The second-order valence-corrected chi connectivity index (χ2v) is 7.25. The van der Waals surface area contributed by atoms with Crippen molar-refractivity contribution in [2.75, 3.05) is 40.1 Å². The first-order valence-electron chi connectivity index (χ1n) is 8.95. The van der Waals surface area contributed by atoms with Gasteiger partial charge in [-0.15, -0.1) is 0 Å². The van der Waals surface area contributed by atoms with Gasteiger partial charge in [0.15, 0.2) is 6.79 Å². The third-order valence-corrected chi connectivity index (χ3v) is 3.88. The van der Waals surface area contributed by atoms with E-state index in [1.54, 1.807) is 29.1 Å². The highest BCUT2D eigenvalue weighted by molar-refractivity contribution is 5.92. The number of rotatable bonds is 5. The number of hydrogen-bond acceptors (Lipinski definition) is 5. The van der Waals surface area contributed by atoms with E-state index in [0.29, 0.717) is 31.9 Å². The lowest BCUT2D eigenvalue weighted by Gasteiger charge is -2.35. The molecule has 1 heterocycles. The number of amides is 2. The Kier molecular flexibility index (Phi) is 7.24. The molecule has 7 heteroatoms. The van der Waals surface area contributed by atoms with Crippen LogP contribution in [0.1, 0.15) is 26.3 Å². The van der Waals surface area contributed by atoms with Gasteiger partial charge in [-0.3, -0.25) is 4.79 Å². The fourth-order valence-electron chi connectivity index (χ4n) is 2.51. The van der Waals surface area contributed by atoms with Crippen molar-refractivity contribution in [3.05, 3.63) is 35.9 Å². The molecule has 0 saturated carbocycles. The van der Waals surface area contributed by atoms with E-state index in [9.17, 15) is 9.59 Å². The molecular weight excluding hydrogens is 348 g/mol. The van der Waals surface area contributed by atoms with Crippen molar-refractivity contribution in [2.24, 2.45) is 0 Å². The predicted molar refractivity (Wildman–Crippen MR) is 102 cm³/mol. The van der Waals surface area contributed by atoms with Crippen molar-refractivity contribution in [2.45, 2.75) is 26.4 Å². The van der Waals surface area contributed by atoms with Gasteiger partial charge in [0.25, 0.3) is 0 Å². The summed E-state index contributed by atoms with van der Waals surface area (Å²) >= 11 is 0. The Morgan fingerprint density at radius 1 is 1.04 bits per heavy atom. The van der Waals surface area contributed by atoms with Gasteiger partial charge in [-0.05, 0) is 44.5 Å². The van der Waals surface area contributed by atoms with E-state index in [1.165, 1.54) is 0 Å². The number of benzene rings is 1. The van der Waals surface area contributed by atoms with Crippen molar-refractivity contribution < 1.29 is 23.8 Å². The van der Waals surface area contributed by atoms with Gasteiger partial charge in [0, 0.05) is 39.4 Å². The van der Waals surface area contributed by atoms with Crippen LogP contribution in [0.3, 0.4) is 0 Å². The van der Waals surface area contributed by atoms with Crippen molar-refractivity contribution in [3.63, 3.8) is 0 Å². The third-order valence-electron chi connectivity index (χ3n) is 3.88. The molecule has 0 spiro atoms. The summed E-state index contributed by atoms with van der Waals surface area (Å²) in [4.78, 5) is 27.8. The average Bonchev–Trinajstić information content (AvgIpc) is 2.64. The highest BCUT2D eigenvalue weighted by atomic mass is 16.7. The first-order valence-corrected chi connectivity index (χ1v) is 8.95. The Balaban J connectivity index is 1.81. The fraction of sp³-hybridized carbons (Fsp3) is 0.500. The van der Waals surface area contributed by atoms with E-state index in [-0.39, 0.29) is 18.8 Å². The maximum atomic E-state index is 12.3. The zero-order valence-electron chi connectivity index (χ0n) is 16.4. The van der Waals surface area contributed by atoms with E-state index in [1.807, 2.05) is 45.0 Å². The predicted octanol–water partition coefficient (Wildman–Crippen LogP) is 2.76. The second-order valence-electron chi connectivity index (χ2n) is 7.25. The summed E-state index contributed by atoms with van der Waals surface area (Å²) in [6, 6.07) is 7.38. The minimum atomic E-state index is -0.517. The molecule has 1 aliphatic rings. The van der Waals surface area contributed by atoms with E-state index >= 15 is 0 Å². The van der Waals surface area contributed by atoms with Crippen LogP contribution < -0.4 is 4.74 Å². The minimum absolute atomic E-state index is 0.0708. The fourth-order valence-corrected chi connectivity index (χ4v) is 2.51.